The zero-order valence-corrected chi connectivity index (χ0v) is 44.3. The van der Waals surface area contributed by atoms with Crippen LogP contribution in [0.4, 0.5) is 11.4 Å². The standard InChI is InChI=1S/C59H54Cl4N2O8/c1-27-6-10-31(11-7-27)34-23-70-45-14-29(3)43(20-47(45)72-25-34)64(5)57(67)36-17-40(61)52-54-42(63)19-38-50-37(18-41(62)53(56(50)54)51-39(60)16-33(22-66)49(36)55(51)52)58(68)65(59(38)69)44-21-48-46(15-30(44)4)71-24-35(26-73-48)32-12-8-28(2)9-13-32/h14-22,27-28,31-32,34-35H,6-13,23-26H2,1-5H3. The molecule has 0 spiro atoms. The number of imide groups is 1. The molecule has 3 aliphatic heterocycles. The highest BCUT2D eigenvalue weighted by Crippen LogP contribution is 2.54. The number of anilines is 2. The van der Waals surface area contributed by atoms with Crippen LogP contribution in [-0.2, 0) is 0 Å². The molecule has 2 fully saturated rings. The van der Waals surface area contributed by atoms with Gasteiger partial charge >= 0.3 is 0 Å². The summed E-state index contributed by atoms with van der Waals surface area (Å²) in [6.45, 7) is 10.4. The summed E-state index contributed by atoms with van der Waals surface area (Å²) in [5, 5.41) is 3.49. The average molecular weight is 1060 g/mol. The molecule has 3 heterocycles. The van der Waals surface area contributed by atoms with Crippen molar-refractivity contribution in [1.29, 1.82) is 0 Å². The van der Waals surface area contributed by atoms with E-state index >= 15 is 14.4 Å². The number of hydrogen-bond donors (Lipinski definition) is 0. The van der Waals surface area contributed by atoms with Crippen LogP contribution < -0.4 is 28.7 Å². The predicted molar refractivity (Wildman–Crippen MR) is 291 cm³/mol. The van der Waals surface area contributed by atoms with E-state index in [1.165, 1.54) is 42.7 Å². The number of aldehydes is 1. The van der Waals surface area contributed by atoms with Gasteiger partial charge in [0.25, 0.3) is 17.7 Å². The number of rotatable bonds is 6. The minimum atomic E-state index is -0.594. The summed E-state index contributed by atoms with van der Waals surface area (Å²) in [6.07, 6.45) is 10.0. The quantitative estimate of drug-likeness (QED) is 0.0701. The van der Waals surface area contributed by atoms with Crippen molar-refractivity contribution in [2.75, 3.05) is 43.3 Å². The first-order valence-electron chi connectivity index (χ1n) is 25.5. The van der Waals surface area contributed by atoms with E-state index in [4.69, 9.17) is 65.4 Å². The monoisotopic (exact) mass is 1060 g/mol. The fourth-order valence-electron chi connectivity index (χ4n) is 12.9. The van der Waals surface area contributed by atoms with Gasteiger partial charge in [0.15, 0.2) is 29.3 Å². The number of carbonyl (C=O) groups excluding carboxylic acids is 4. The maximum Gasteiger partial charge on any atom is 0.266 e. The molecule has 7 aromatic carbocycles. The topological polar surface area (TPSA) is 112 Å². The Bertz CT molecular complexity index is 3450. The largest absolute Gasteiger partial charge is 0.489 e. The Hall–Kier alpha value is -5.52. The van der Waals surface area contributed by atoms with Gasteiger partial charge in [-0.05, 0) is 111 Å². The second kappa shape index (κ2) is 18.4. The van der Waals surface area contributed by atoms with E-state index < -0.39 is 17.7 Å². The second-order valence-corrected chi connectivity index (χ2v) is 23.2. The highest BCUT2D eigenvalue weighted by molar-refractivity contribution is 6.56. The minimum absolute atomic E-state index is 0.130. The smallest absolute Gasteiger partial charge is 0.266 e. The van der Waals surface area contributed by atoms with Gasteiger partial charge in [0.2, 0.25) is 0 Å². The molecule has 3 amide bonds. The number of fused-ring (bicyclic) bond motifs is 4. The SMILES string of the molecule is Cc1cc2c(cc1N(C)C(=O)c1cc(Cl)c3c4c(Cl)cc5c6c(cc(Cl)c(c7c(Cl)cc(C=O)c1c73)c64)C(=O)N(c1cc3c(cc1C)OCC(C1CCC(C)CC1)CO3)C5=O)OCC(C1CCC(C)CC1)CO2. The zero-order chi connectivity index (χ0) is 50.9. The van der Waals surface area contributed by atoms with Crippen LogP contribution in [0.15, 0.2) is 48.5 Å². The van der Waals surface area contributed by atoms with Crippen LogP contribution in [0.5, 0.6) is 23.0 Å². The molecule has 0 N–H and O–H groups in total. The van der Waals surface area contributed by atoms with Gasteiger partial charge in [-0.3, -0.25) is 19.2 Å². The summed E-state index contributed by atoms with van der Waals surface area (Å²) in [5.41, 5.74) is 2.96. The molecule has 2 atom stereocenters. The number of aryl methyl sites for hydroxylation is 2. The molecule has 376 valence electrons. The first-order valence-corrected chi connectivity index (χ1v) is 27.0. The average Bonchev–Trinajstić information content (AvgIpc) is 3.72. The van der Waals surface area contributed by atoms with Crippen molar-refractivity contribution in [3.63, 3.8) is 0 Å². The van der Waals surface area contributed by atoms with Crippen LogP contribution in [0.25, 0.3) is 43.1 Å². The highest BCUT2D eigenvalue weighted by atomic mass is 35.5. The number of carbonyl (C=O) groups is 4. The summed E-state index contributed by atoms with van der Waals surface area (Å²) in [4.78, 5) is 60.9. The fraction of sp³-hybridized carbons (Fsp3) is 0.390. The molecular weight excluding hydrogens is 1010 g/mol. The molecule has 10 nitrogen and oxygen atoms in total. The fourth-order valence-corrected chi connectivity index (χ4v) is 14.1. The maximum absolute atomic E-state index is 15.1. The summed E-state index contributed by atoms with van der Waals surface area (Å²) < 4.78 is 25.6. The number of ether oxygens (including phenoxy) is 4. The van der Waals surface area contributed by atoms with Crippen LogP contribution in [0.2, 0.25) is 20.1 Å². The summed E-state index contributed by atoms with van der Waals surface area (Å²) in [5.74, 6) is 3.54. The summed E-state index contributed by atoms with van der Waals surface area (Å²) in [6, 6.07) is 13.4. The third-order valence-electron chi connectivity index (χ3n) is 17.1. The lowest BCUT2D eigenvalue weighted by atomic mass is 9.77. The molecular formula is C59H54Cl4N2O8. The Kier molecular flexibility index (Phi) is 12.2. The molecule has 2 saturated carbocycles. The number of benzene rings is 7. The van der Waals surface area contributed by atoms with Gasteiger partial charge in [-0.15, -0.1) is 0 Å². The normalized spacial score (nSPS) is 23.1. The van der Waals surface area contributed by atoms with Crippen LogP contribution >= 0.6 is 46.4 Å². The summed E-state index contributed by atoms with van der Waals surface area (Å²) >= 11 is 29.3. The Morgan fingerprint density at radius 1 is 0.534 bits per heavy atom. The molecule has 14 heteroatoms. The molecule has 5 aliphatic rings. The molecule has 12 rings (SSSR count). The maximum atomic E-state index is 15.1. The van der Waals surface area contributed by atoms with Crippen molar-refractivity contribution in [2.45, 2.75) is 79.1 Å². The molecule has 0 bridgehead atoms. The van der Waals surface area contributed by atoms with Crippen LogP contribution in [0.1, 0.15) is 118 Å². The van der Waals surface area contributed by atoms with Crippen LogP contribution in [-0.4, -0.2) is 57.5 Å². The van der Waals surface area contributed by atoms with E-state index in [0.29, 0.717) is 122 Å². The van der Waals surface area contributed by atoms with E-state index in [1.54, 1.807) is 25.2 Å². The molecule has 2 unspecified atom stereocenters. The third kappa shape index (κ3) is 7.78. The van der Waals surface area contributed by atoms with Gasteiger partial charge < -0.3 is 23.8 Å². The Balaban J connectivity index is 0.944. The van der Waals surface area contributed by atoms with Crippen molar-refractivity contribution in [3.8, 4) is 23.0 Å². The van der Waals surface area contributed by atoms with Gasteiger partial charge in [0.05, 0.1) is 48.9 Å². The Morgan fingerprint density at radius 2 is 0.959 bits per heavy atom. The van der Waals surface area contributed by atoms with E-state index in [9.17, 15) is 4.79 Å². The second-order valence-electron chi connectivity index (χ2n) is 21.6. The summed E-state index contributed by atoms with van der Waals surface area (Å²) in [7, 11) is 1.67. The van der Waals surface area contributed by atoms with Crippen molar-refractivity contribution in [3.05, 3.63) is 102 Å². The van der Waals surface area contributed by atoms with E-state index in [-0.39, 0.29) is 59.6 Å². The lowest BCUT2D eigenvalue weighted by Crippen LogP contribution is -2.41. The van der Waals surface area contributed by atoms with E-state index in [2.05, 4.69) is 13.8 Å². The lowest BCUT2D eigenvalue weighted by Gasteiger charge is -2.31. The Labute approximate surface area is 443 Å². The number of halogens is 4. The van der Waals surface area contributed by atoms with Crippen molar-refractivity contribution in [2.24, 2.45) is 35.5 Å². The minimum Gasteiger partial charge on any atom is -0.489 e. The molecule has 73 heavy (non-hydrogen) atoms. The zero-order valence-electron chi connectivity index (χ0n) is 41.3. The first kappa shape index (κ1) is 48.4. The lowest BCUT2D eigenvalue weighted by molar-refractivity contribution is 0.0891. The number of hydrogen-bond acceptors (Lipinski definition) is 8. The van der Waals surface area contributed by atoms with E-state index in [0.717, 1.165) is 48.0 Å². The van der Waals surface area contributed by atoms with Crippen LogP contribution in [0, 0.1) is 49.4 Å². The first-order chi connectivity index (χ1) is 35.1. The number of nitrogens with zero attached hydrogens (tertiary/aromatic N) is 2. The van der Waals surface area contributed by atoms with Crippen molar-refractivity contribution < 1.29 is 38.1 Å². The predicted octanol–water partition coefficient (Wildman–Crippen LogP) is 15.3. The molecule has 0 saturated heterocycles. The van der Waals surface area contributed by atoms with Crippen molar-refractivity contribution in [1.82, 2.24) is 0 Å². The van der Waals surface area contributed by atoms with Gasteiger partial charge in [0, 0.05) is 105 Å². The van der Waals surface area contributed by atoms with Gasteiger partial charge in [-0.1, -0.05) is 85.9 Å². The van der Waals surface area contributed by atoms with Gasteiger partial charge in [0.1, 0.15) is 0 Å². The molecule has 0 aromatic heterocycles. The molecule has 7 aromatic rings. The number of amides is 3. The van der Waals surface area contributed by atoms with Crippen molar-refractivity contribution >= 4 is 125 Å². The highest BCUT2D eigenvalue weighted by Gasteiger charge is 2.40. The molecule has 0 radical (unpaired) electrons. The Morgan fingerprint density at radius 3 is 1.45 bits per heavy atom. The van der Waals surface area contributed by atoms with Gasteiger partial charge in [-0.2, -0.15) is 0 Å². The molecule has 2 aliphatic carbocycles. The third-order valence-corrected chi connectivity index (χ3v) is 18.3. The van der Waals surface area contributed by atoms with E-state index in [1.807, 2.05) is 32.0 Å². The van der Waals surface area contributed by atoms with Gasteiger partial charge in [-0.25, -0.2) is 4.90 Å². The van der Waals surface area contributed by atoms with Crippen LogP contribution in [0.3, 0.4) is 0 Å².